The monoisotopic (exact) mass is 436 g/mol. The number of halogens is 1. The Hall–Kier alpha value is -3.64. The number of benzene rings is 3. The molecule has 0 bridgehead atoms. The molecule has 3 rings (SSSR count). The summed E-state index contributed by atoms with van der Waals surface area (Å²) in [5, 5.41) is 5.46. The Morgan fingerprint density at radius 2 is 1.29 bits per heavy atom. The molecule has 0 aliphatic heterocycles. The Labute approximate surface area is 185 Å². The molecule has 0 spiro atoms. The predicted molar refractivity (Wildman–Crippen MR) is 118 cm³/mol. The number of esters is 1. The number of carbonyl (C=O) groups is 3. The van der Waals surface area contributed by atoms with Gasteiger partial charge in [-0.1, -0.05) is 72.3 Å². The molecule has 0 aliphatic rings. The van der Waals surface area contributed by atoms with E-state index < -0.39 is 23.9 Å². The second-order valence-corrected chi connectivity index (χ2v) is 7.09. The Bertz CT molecular complexity index is 985. The van der Waals surface area contributed by atoms with Crippen molar-refractivity contribution in [3.63, 3.8) is 0 Å². The van der Waals surface area contributed by atoms with Crippen molar-refractivity contribution in [2.75, 3.05) is 13.1 Å². The van der Waals surface area contributed by atoms with Gasteiger partial charge in [0.2, 0.25) is 5.91 Å². The van der Waals surface area contributed by atoms with Crippen LogP contribution in [0, 0.1) is 0 Å². The number of nitrogens with one attached hydrogen (secondary N) is 2. The van der Waals surface area contributed by atoms with Gasteiger partial charge < -0.3 is 15.4 Å². The van der Waals surface area contributed by atoms with E-state index in [4.69, 9.17) is 16.3 Å². The third kappa shape index (κ3) is 6.69. The second kappa shape index (κ2) is 10.9. The van der Waals surface area contributed by atoms with Crippen LogP contribution in [0.4, 0.5) is 0 Å². The van der Waals surface area contributed by atoms with E-state index in [1.54, 1.807) is 24.3 Å². The summed E-state index contributed by atoms with van der Waals surface area (Å²) in [6, 6.07) is 25.0. The fourth-order valence-corrected chi connectivity index (χ4v) is 2.98. The highest BCUT2D eigenvalue weighted by atomic mass is 35.5. The van der Waals surface area contributed by atoms with Crippen LogP contribution in [0.3, 0.4) is 0 Å². The van der Waals surface area contributed by atoms with Gasteiger partial charge in [-0.15, -0.1) is 0 Å². The molecule has 3 aromatic rings. The third-order valence-electron chi connectivity index (χ3n) is 4.40. The molecule has 0 saturated heterocycles. The Kier molecular flexibility index (Phi) is 7.79. The molecule has 6 nitrogen and oxygen atoms in total. The zero-order valence-corrected chi connectivity index (χ0v) is 17.3. The molecule has 3 aromatic carbocycles. The summed E-state index contributed by atoms with van der Waals surface area (Å²) in [6.07, 6.45) is -0.587. The van der Waals surface area contributed by atoms with Gasteiger partial charge >= 0.3 is 5.97 Å². The van der Waals surface area contributed by atoms with Crippen LogP contribution in [-0.2, 0) is 14.3 Å². The smallest absolute Gasteiger partial charge is 0.326 e. The normalized spacial score (nSPS) is 10.4. The number of amides is 2. The average molecular weight is 437 g/mol. The van der Waals surface area contributed by atoms with E-state index in [1.165, 1.54) is 0 Å². The molecule has 0 aromatic heterocycles. The van der Waals surface area contributed by atoms with Gasteiger partial charge in [0.15, 0.2) is 6.10 Å². The van der Waals surface area contributed by atoms with Crippen LogP contribution >= 0.6 is 11.6 Å². The number of ether oxygens (including phenoxy) is 1. The maximum absolute atomic E-state index is 12.4. The highest BCUT2D eigenvalue weighted by Crippen LogP contribution is 2.25. The molecule has 0 radical (unpaired) electrons. The fourth-order valence-electron chi connectivity index (χ4n) is 2.85. The standard InChI is InChI=1S/C24H21ClN2O4/c25-20-13-11-19(12-14-20)24(30)27-15-21(28)26-16-22(29)31-23(17-7-3-1-4-8-17)18-9-5-2-6-10-18/h1-14,23H,15-16H2,(H,26,28)(H,27,30). The highest BCUT2D eigenvalue weighted by Gasteiger charge is 2.19. The largest absolute Gasteiger partial charge is 0.451 e. The fraction of sp³-hybridized carbons (Fsp3) is 0.125. The number of hydrogen-bond acceptors (Lipinski definition) is 4. The van der Waals surface area contributed by atoms with Gasteiger partial charge in [0.05, 0.1) is 6.54 Å². The molecule has 0 fully saturated rings. The molecule has 0 atom stereocenters. The Morgan fingerprint density at radius 3 is 1.84 bits per heavy atom. The Morgan fingerprint density at radius 1 is 0.742 bits per heavy atom. The van der Waals surface area contributed by atoms with Crippen LogP contribution < -0.4 is 10.6 Å². The topological polar surface area (TPSA) is 84.5 Å². The number of rotatable bonds is 8. The maximum atomic E-state index is 12.4. The predicted octanol–water partition coefficient (Wildman–Crippen LogP) is 3.52. The summed E-state index contributed by atoms with van der Waals surface area (Å²) in [5.74, 6) is -1.51. The first kappa shape index (κ1) is 22.1. The molecule has 158 valence electrons. The van der Waals surface area contributed by atoms with Crippen LogP contribution in [0.1, 0.15) is 27.6 Å². The Balaban J connectivity index is 1.51. The van der Waals surface area contributed by atoms with Gasteiger partial charge in [-0.3, -0.25) is 14.4 Å². The number of carbonyl (C=O) groups excluding carboxylic acids is 3. The molecule has 2 amide bonds. The minimum absolute atomic E-state index is 0.268. The molecule has 31 heavy (non-hydrogen) atoms. The lowest BCUT2D eigenvalue weighted by Gasteiger charge is -2.19. The van der Waals surface area contributed by atoms with Crippen molar-refractivity contribution in [2.45, 2.75) is 6.10 Å². The summed E-state index contributed by atoms with van der Waals surface area (Å²) < 4.78 is 5.63. The maximum Gasteiger partial charge on any atom is 0.326 e. The van der Waals surface area contributed by atoms with Crippen molar-refractivity contribution in [3.05, 3.63) is 107 Å². The number of hydrogen-bond donors (Lipinski definition) is 2. The van der Waals surface area contributed by atoms with Crippen molar-refractivity contribution in [3.8, 4) is 0 Å². The van der Waals surface area contributed by atoms with Gasteiger partial charge in [0.1, 0.15) is 6.54 Å². The summed E-state index contributed by atoms with van der Waals surface area (Å²) >= 11 is 5.79. The minimum atomic E-state index is -0.588. The van der Waals surface area contributed by atoms with Gasteiger partial charge in [-0.05, 0) is 35.4 Å². The summed E-state index contributed by atoms with van der Waals surface area (Å²) in [4.78, 5) is 36.4. The van der Waals surface area contributed by atoms with Crippen molar-refractivity contribution < 1.29 is 19.1 Å². The van der Waals surface area contributed by atoms with Crippen LogP contribution in [0.25, 0.3) is 0 Å². The molecule has 0 aliphatic carbocycles. The molecular formula is C24H21ClN2O4. The summed E-state index contributed by atoms with van der Waals surface area (Å²) in [6.45, 7) is -0.582. The van der Waals surface area contributed by atoms with Crippen molar-refractivity contribution in [1.29, 1.82) is 0 Å². The molecular weight excluding hydrogens is 416 g/mol. The summed E-state index contributed by atoms with van der Waals surface area (Å²) in [7, 11) is 0. The van der Waals surface area contributed by atoms with E-state index in [9.17, 15) is 14.4 Å². The van der Waals surface area contributed by atoms with Crippen molar-refractivity contribution in [1.82, 2.24) is 10.6 Å². The molecule has 2 N–H and O–H groups in total. The van der Waals surface area contributed by atoms with Gasteiger partial charge in [-0.25, -0.2) is 0 Å². The van der Waals surface area contributed by atoms with E-state index in [0.717, 1.165) is 11.1 Å². The summed E-state index contributed by atoms with van der Waals surface area (Å²) in [5.41, 5.74) is 2.03. The first-order valence-electron chi connectivity index (χ1n) is 9.63. The highest BCUT2D eigenvalue weighted by molar-refractivity contribution is 6.30. The molecule has 0 unspecified atom stereocenters. The van der Waals surface area contributed by atoms with Gasteiger partial charge in [-0.2, -0.15) is 0 Å². The lowest BCUT2D eigenvalue weighted by atomic mass is 10.0. The van der Waals surface area contributed by atoms with E-state index in [2.05, 4.69) is 10.6 Å². The van der Waals surface area contributed by atoms with Gasteiger partial charge in [0.25, 0.3) is 5.91 Å². The lowest BCUT2D eigenvalue weighted by molar-refractivity contribution is -0.147. The van der Waals surface area contributed by atoms with Gasteiger partial charge in [0, 0.05) is 10.6 Å². The lowest BCUT2D eigenvalue weighted by Crippen LogP contribution is -2.39. The third-order valence-corrected chi connectivity index (χ3v) is 4.65. The van der Waals surface area contributed by atoms with E-state index in [1.807, 2.05) is 60.7 Å². The first-order chi connectivity index (χ1) is 15.0. The second-order valence-electron chi connectivity index (χ2n) is 6.66. The van der Waals surface area contributed by atoms with Crippen LogP contribution in [0.2, 0.25) is 5.02 Å². The zero-order valence-electron chi connectivity index (χ0n) is 16.6. The first-order valence-corrected chi connectivity index (χ1v) is 10.0. The van der Waals surface area contributed by atoms with E-state index in [0.29, 0.717) is 10.6 Å². The minimum Gasteiger partial charge on any atom is -0.451 e. The van der Waals surface area contributed by atoms with Crippen molar-refractivity contribution in [2.24, 2.45) is 0 Å². The zero-order chi connectivity index (χ0) is 22.1. The molecule has 7 heteroatoms. The van der Waals surface area contributed by atoms with Crippen LogP contribution in [0.5, 0.6) is 0 Å². The SMILES string of the molecule is O=C(CNC(=O)c1ccc(Cl)cc1)NCC(=O)OC(c1ccccc1)c1ccccc1. The molecule has 0 saturated carbocycles. The average Bonchev–Trinajstić information content (AvgIpc) is 2.81. The van der Waals surface area contributed by atoms with Crippen LogP contribution in [-0.4, -0.2) is 30.9 Å². The van der Waals surface area contributed by atoms with Crippen molar-refractivity contribution >= 4 is 29.4 Å². The van der Waals surface area contributed by atoms with Crippen LogP contribution in [0.15, 0.2) is 84.9 Å². The van der Waals surface area contributed by atoms with E-state index >= 15 is 0 Å². The quantitative estimate of drug-likeness (QED) is 0.529. The van der Waals surface area contributed by atoms with E-state index in [-0.39, 0.29) is 13.1 Å². The molecule has 0 heterocycles.